The van der Waals surface area contributed by atoms with Gasteiger partial charge in [0.15, 0.2) is 0 Å². The van der Waals surface area contributed by atoms with Gasteiger partial charge in [-0.2, -0.15) is 0 Å². The van der Waals surface area contributed by atoms with E-state index in [2.05, 4.69) is 15.2 Å². The third-order valence-corrected chi connectivity index (χ3v) is 3.58. The van der Waals surface area contributed by atoms with Crippen molar-refractivity contribution in [2.75, 3.05) is 19.3 Å². The quantitative estimate of drug-likeness (QED) is 0.770. The lowest BCUT2D eigenvalue weighted by Gasteiger charge is -2.03. The second kappa shape index (κ2) is 6.71. The van der Waals surface area contributed by atoms with Crippen molar-refractivity contribution in [2.45, 2.75) is 6.92 Å². The van der Waals surface area contributed by atoms with Crippen LogP contribution in [0.3, 0.4) is 0 Å². The van der Waals surface area contributed by atoms with Gasteiger partial charge < -0.3 is 9.84 Å². The van der Waals surface area contributed by atoms with Crippen molar-refractivity contribution in [3.63, 3.8) is 0 Å². The van der Waals surface area contributed by atoms with Crippen LogP contribution in [-0.4, -0.2) is 38.8 Å². The highest BCUT2D eigenvalue weighted by atomic mass is 32.2. The Morgan fingerprint density at radius 1 is 1.23 bits per heavy atom. The van der Waals surface area contributed by atoms with E-state index in [9.17, 15) is 13.2 Å². The van der Waals surface area contributed by atoms with Gasteiger partial charge in [-0.1, -0.05) is 35.0 Å². The van der Waals surface area contributed by atoms with Crippen LogP contribution in [0, 0.1) is 6.92 Å². The van der Waals surface area contributed by atoms with Crippen LogP contribution >= 0.6 is 0 Å². The number of rotatable bonds is 6. The summed E-state index contributed by atoms with van der Waals surface area (Å²) in [6.07, 6.45) is 1.05. The minimum absolute atomic E-state index is 0.0786. The van der Waals surface area contributed by atoms with Crippen molar-refractivity contribution >= 4 is 15.9 Å². The topological polar surface area (TPSA) is 101 Å². The third kappa shape index (κ3) is 4.68. The number of nitrogens with one attached hydrogen (secondary N) is 2. The highest BCUT2D eigenvalue weighted by molar-refractivity contribution is 7.88. The predicted octanol–water partition coefficient (Wildman–Crippen LogP) is 0.929. The molecule has 2 N–H and O–H groups in total. The Balaban J connectivity index is 1.93. The molecule has 0 aliphatic rings. The SMILES string of the molecule is Cc1ccc(-c2cc(C(=O)NCCNS(C)(=O)=O)on2)cc1. The fraction of sp³-hybridized carbons (Fsp3) is 0.286. The molecular formula is C14H17N3O4S. The predicted molar refractivity (Wildman–Crippen MR) is 81.9 cm³/mol. The van der Waals surface area contributed by atoms with E-state index in [1.165, 1.54) is 0 Å². The molecule has 0 spiro atoms. The Bertz CT molecular complexity index is 751. The molecule has 118 valence electrons. The average molecular weight is 323 g/mol. The van der Waals surface area contributed by atoms with E-state index in [1.807, 2.05) is 31.2 Å². The van der Waals surface area contributed by atoms with E-state index in [1.54, 1.807) is 6.07 Å². The van der Waals surface area contributed by atoms with Crippen molar-refractivity contribution in [3.8, 4) is 11.3 Å². The summed E-state index contributed by atoms with van der Waals surface area (Å²) in [6, 6.07) is 9.22. The zero-order valence-corrected chi connectivity index (χ0v) is 13.1. The molecule has 1 aromatic heterocycles. The lowest BCUT2D eigenvalue weighted by atomic mass is 10.1. The summed E-state index contributed by atoms with van der Waals surface area (Å²) in [4.78, 5) is 11.8. The molecule has 1 heterocycles. The smallest absolute Gasteiger partial charge is 0.289 e. The zero-order valence-electron chi connectivity index (χ0n) is 12.3. The maximum Gasteiger partial charge on any atom is 0.289 e. The van der Waals surface area contributed by atoms with Gasteiger partial charge in [0.2, 0.25) is 15.8 Å². The number of carbonyl (C=O) groups is 1. The van der Waals surface area contributed by atoms with Gasteiger partial charge in [-0.15, -0.1) is 0 Å². The van der Waals surface area contributed by atoms with Gasteiger partial charge >= 0.3 is 0 Å². The van der Waals surface area contributed by atoms with Crippen molar-refractivity contribution < 1.29 is 17.7 Å². The van der Waals surface area contributed by atoms with Gasteiger partial charge in [0.05, 0.1) is 6.26 Å². The van der Waals surface area contributed by atoms with Gasteiger partial charge in [0, 0.05) is 24.7 Å². The van der Waals surface area contributed by atoms with Crippen LogP contribution in [0.25, 0.3) is 11.3 Å². The van der Waals surface area contributed by atoms with E-state index in [0.29, 0.717) is 5.69 Å². The summed E-state index contributed by atoms with van der Waals surface area (Å²) in [7, 11) is -3.26. The first-order valence-corrected chi connectivity index (χ1v) is 8.51. The largest absolute Gasteiger partial charge is 0.350 e. The Morgan fingerprint density at radius 2 is 1.91 bits per heavy atom. The van der Waals surface area contributed by atoms with Crippen molar-refractivity contribution in [1.29, 1.82) is 0 Å². The van der Waals surface area contributed by atoms with Crippen LogP contribution in [0.15, 0.2) is 34.9 Å². The highest BCUT2D eigenvalue weighted by Crippen LogP contribution is 2.19. The molecule has 8 heteroatoms. The number of aryl methyl sites for hydroxylation is 1. The molecule has 0 aliphatic carbocycles. The molecule has 1 amide bonds. The summed E-state index contributed by atoms with van der Waals surface area (Å²) < 4.78 is 29.0. The van der Waals surface area contributed by atoms with E-state index in [4.69, 9.17) is 4.52 Å². The maximum atomic E-state index is 11.8. The number of sulfonamides is 1. The fourth-order valence-electron chi connectivity index (χ4n) is 1.74. The second-order valence-corrected chi connectivity index (χ2v) is 6.70. The lowest BCUT2D eigenvalue weighted by Crippen LogP contribution is -2.34. The van der Waals surface area contributed by atoms with E-state index >= 15 is 0 Å². The van der Waals surface area contributed by atoms with Gasteiger partial charge in [-0.3, -0.25) is 4.79 Å². The molecule has 0 radical (unpaired) electrons. The molecule has 0 saturated carbocycles. The summed E-state index contributed by atoms with van der Waals surface area (Å²) in [6.45, 7) is 2.26. The molecule has 0 aliphatic heterocycles. The standard InChI is InChI=1S/C14H17N3O4S/c1-10-3-5-11(6-4-10)12-9-13(21-17-12)14(18)15-7-8-16-22(2,19)20/h3-6,9,16H,7-8H2,1-2H3,(H,15,18). The first-order valence-electron chi connectivity index (χ1n) is 6.62. The van der Waals surface area contributed by atoms with Crippen molar-refractivity contribution in [3.05, 3.63) is 41.7 Å². The first-order chi connectivity index (χ1) is 10.3. The minimum atomic E-state index is -3.26. The van der Waals surface area contributed by atoms with Crippen molar-refractivity contribution in [2.24, 2.45) is 0 Å². The normalized spacial score (nSPS) is 11.4. The number of carbonyl (C=O) groups excluding carboxylic acids is 1. The number of hydrogen-bond donors (Lipinski definition) is 2. The maximum absolute atomic E-state index is 11.8. The number of aromatic nitrogens is 1. The van der Waals surface area contributed by atoms with Crippen LogP contribution in [0.5, 0.6) is 0 Å². The molecule has 0 bridgehead atoms. The zero-order chi connectivity index (χ0) is 16.2. The van der Waals surface area contributed by atoms with Gasteiger partial charge in [-0.05, 0) is 6.92 Å². The molecule has 0 saturated heterocycles. The second-order valence-electron chi connectivity index (χ2n) is 4.86. The van der Waals surface area contributed by atoms with E-state index in [-0.39, 0.29) is 18.8 Å². The molecule has 1 aromatic carbocycles. The van der Waals surface area contributed by atoms with Crippen LogP contribution in [0.1, 0.15) is 16.1 Å². The molecule has 2 aromatic rings. The fourth-order valence-corrected chi connectivity index (χ4v) is 2.22. The minimum Gasteiger partial charge on any atom is -0.350 e. The van der Waals surface area contributed by atoms with Gasteiger partial charge in [0.1, 0.15) is 5.69 Å². The van der Waals surface area contributed by atoms with Crippen LogP contribution < -0.4 is 10.0 Å². The molecule has 0 fully saturated rings. The summed E-state index contributed by atoms with van der Waals surface area (Å²) in [5, 5.41) is 6.40. The first kappa shape index (κ1) is 16.2. The summed E-state index contributed by atoms with van der Waals surface area (Å²) >= 11 is 0. The van der Waals surface area contributed by atoms with Crippen LogP contribution in [-0.2, 0) is 10.0 Å². The summed E-state index contributed by atoms with van der Waals surface area (Å²) in [5.74, 6) is -0.365. The highest BCUT2D eigenvalue weighted by Gasteiger charge is 2.13. The lowest BCUT2D eigenvalue weighted by molar-refractivity contribution is 0.0917. The molecular weight excluding hydrogens is 306 g/mol. The van der Waals surface area contributed by atoms with Crippen molar-refractivity contribution in [1.82, 2.24) is 15.2 Å². The molecule has 2 rings (SSSR count). The molecule has 0 atom stereocenters. The molecule has 0 unspecified atom stereocenters. The van der Waals surface area contributed by atoms with E-state index < -0.39 is 15.9 Å². The number of amides is 1. The van der Waals surface area contributed by atoms with E-state index in [0.717, 1.165) is 17.4 Å². The Morgan fingerprint density at radius 3 is 2.55 bits per heavy atom. The number of nitrogens with zero attached hydrogens (tertiary/aromatic N) is 1. The average Bonchev–Trinajstić information content (AvgIpc) is 2.93. The molecule has 22 heavy (non-hydrogen) atoms. The Hall–Kier alpha value is -2.19. The summed E-state index contributed by atoms with van der Waals surface area (Å²) in [5.41, 5.74) is 2.55. The monoisotopic (exact) mass is 323 g/mol. The third-order valence-electron chi connectivity index (χ3n) is 2.86. The van der Waals surface area contributed by atoms with Gasteiger partial charge in [0.25, 0.3) is 5.91 Å². The number of hydrogen-bond acceptors (Lipinski definition) is 5. The Kier molecular flexibility index (Phi) is 4.94. The Labute approximate surface area is 128 Å². The van der Waals surface area contributed by atoms with Crippen LogP contribution in [0.2, 0.25) is 0 Å². The van der Waals surface area contributed by atoms with Gasteiger partial charge in [-0.25, -0.2) is 13.1 Å². The van der Waals surface area contributed by atoms with Crippen LogP contribution in [0.4, 0.5) is 0 Å². The number of benzene rings is 1. The molecule has 7 nitrogen and oxygen atoms in total.